The molecule has 0 saturated heterocycles. The number of ether oxygens (including phenoxy) is 1. The van der Waals surface area contributed by atoms with Gasteiger partial charge in [-0.05, 0) is 19.1 Å². The second-order valence-electron chi connectivity index (χ2n) is 3.34. The molecule has 0 aliphatic heterocycles. The van der Waals surface area contributed by atoms with Gasteiger partial charge in [0.05, 0.1) is 18.8 Å². The molecule has 0 atom stereocenters. The van der Waals surface area contributed by atoms with E-state index in [9.17, 15) is 13.2 Å². The number of hydrogen-bond acceptors (Lipinski definition) is 5. The highest BCUT2D eigenvalue weighted by atomic mass is 79.9. The van der Waals surface area contributed by atoms with E-state index in [1.807, 2.05) is 0 Å². The van der Waals surface area contributed by atoms with Crippen molar-refractivity contribution in [1.29, 1.82) is 0 Å². The van der Waals surface area contributed by atoms with Crippen molar-refractivity contribution < 1.29 is 17.9 Å². The molecule has 0 amide bonds. The van der Waals surface area contributed by atoms with Gasteiger partial charge in [-0.3, -0.25) is 9.52 Å². The van der Waals surface area contributed by atoms with Crippen LogP contribution in [0.3, 0.4) is 0 Å². The molecular formula is C10H13BrN2O4S. The van der Waals surface area contributed by atoms with Crippen LogP contribution in [-0.2, 0) is 19.6 Å². The molecule has 0 fully saturated rings. The Morgan fingerprint density at radius 2 is 2.28 bits per heavy atom. The maximum Gasteiger partial charge on any atom is 0.306 e. The summed E-state index contributed by atoms with van der Waals surface area (Å²) in [6.07, 6.45) is 1.28. The molecule has 8 heteroatoms. The first-order valence-corrected chi connectivity index (χ1v) is 7.65. The Hall–Kier alpha value is -1.15. The van der Waals surface area contributed by atoms with Crippen LogP contribution in [0, 0.1) is 0 Å². The van der Waals surface area contributed by atoms with E-state index < -0.39 is 16.0 Å². The molecule has 0 saturated carbocycles. The first-order valence-electron chi connectivity index (χ1n) is 5.20. The van der Waals surface area contributed by atoms with Gasteiger partial charge in [0, 0.05) is 10.7 Å². The predicted molar refractivity (Wildman–Crippen MR) is 70.6 cm³/mol. The van der Waals surface area contributed by atoms with Gasteiger partial charge >= 0.3 is 5.97 Å². The van der Waals surface area contributed by atoms with Gasteiger partial charge in [-0.1, -0.05) is 15.9 Å². The third-order valence-electron chi connectivity index (χ3n) is 1.86. The molecule has 1 N–H and O–H groups in total. The summed E-state index contributed by atoms with van der Waals surface area (Å²) in [6, 6.07) is 3.21. The Bertz CT molecular complexity index is 518. The Balaban J connectivity index is 2.57. The minimum Gasteiger partial charge on any atom is -0.466 e. The third-order valence-corrected chi connectivity index (χ3v) is 3.62. The fraction of sp³-hybridized carbons (Fsp3) is 0.400. The fourth-order valence-corrected chi connectivity index (χ4v) is 2.42. The molecule has 18 heavy (non-hydrogen) atoms. The minimum absolute atomic E-state index is 0.183. The zero-order valence-electron chi connectivity index (χ0n) is 9.72. The quantitative estimate of drug-likeness (QED) is 0.796. The number of hydrogen-bond donors (Lipinski definition) is 1. The minimum atomic E-state index is -3.60. The van der Waals surface area contributed by atoms with Crippen LogP contribution in [0.1, 0.15) is 13.3 Å². The number of anilines is 1. The first kappa shape index (κ1) is 14.9. The topological polar surface area (TPSA) is 85.4 Å². The predicted octanol–water partition coefficient (Wildman–Crippen LogP) is 1.54. The number of sulfonamides is 1. The second kappa shape index (κ2) is 6.69. The number of nitrogens with one attached hydrogen (secondary N) is 1. The van der Waals surface area contributed by atoms with Crippen molar-refractivity contribution in [3.63, 3.8) is 0 Å². The zero-order chi connectivity index (χ0) is 13.6. The molecule has 100 valence electrons. The van der Waals surface area contributed by atoms with Crippen LogP contribution in [0.25, 0.3) is 0 Å². The molecule has 0 aliphatic carbocycles. The zero-order valence-corrected chi connectivity index (χ0v) is 12.1. The Morgan fingerprint density at radius 1 is 1.56 bits per heavy atom. The smallest absolute Gasteiger partial charge is 0.306 e. The lowest BCUT2D eigenvalue weighted by Crippen LogP contribution is -2.20. The van der Waals surface area contributed by atoms with Crippen molar-refractivity contribution in [2.45, 2.75) is 13.3 Å². The van der Waals surface area contributed by atoms with Crippen LogP contribution in [-0.4, -0.2) is 31.7 Å². The van der Waals surface area contributed by atoms with Crippen molar-refractivity contribution in [3.05, 3.63) is 22.8 Å². The lowest BCUT2D eigenvalue weighted by molar-refractivity contribution is -0.142. The van der Waals surface area contributed by atoms with Gasteiger partial charge < -0.3 is 4.74 Å². The Labute approximate surface area is 114 Å². The summed E-state index contributed by atoms with van der Waals surface area (Å²) in [7, 11) is -3.60. The van der Waals surface area contributed by atoms with Gasteiger partial charge in [0.25, 0.3) is 0 Å². The summed E-state index contributed by atoms with van der Waals surface area (Å²) in [6.45, 7) is 1.90. The molecule has 0 aliphatic rings. The number of rotatable bonds is 6. The molecule has 0 aromatic carbocycles. The second-order valence-corrected chi connectivity index (χ2v) is 6.09. The van der Waals surface area contributed by atoms with Crippen molar-refractivity contribution in [3.8, 4) is 0 Å². The largest absolute Gasteiger partial charge is 0.466 e. The van der Waals surface area contributed by atoms with E-state index in [1.165, 1.54) is 12.3 Å². The van der Waals surface area contributed by atoms with Crippen molar-refractivity contribution in [2.24, 2.45) is 0 Å². The number of esters is 1. The van der Waals surface area contributed by atoms with Crippen molar-refractivity contribution in [2.75, 3.05) is 17.1 Å². The summed E-state index contributed by atoms with van der Waals surface area (Å²) < 4.78 is 30.9. The molecule has 0 radical (unpaired) electrons. The summed E-state index contributed by atoms with van der Waals surface area (Å²) in [5, 5.41) is 0. The van der Waals surface area contributed by atoms with Gasteiger partial charge in [0.2, 0.25) is 10.0 Å². The monoisotopic (exact) mass is 336 g/mol. The summed E-state index contributed by atoms with van der Waals surface area (Å²) in [4.78, 5) is 14.9. The maximum atomic E-state index is 11.6. The van der Waals surface area contributed by atoms with Gasteiger partial charge in [-0.15, -0.1) is 0 Å². The lowest BCUT2D eigenvalue weighted by Gasteiger charge is -2.07. The molecule has 6 nitrogen and oxygen atoms in total. The summed E-state index contributed by atoms with van der Waals surface area (Å²) in [5.74, 6) is -0.668. The Morgan fingerprint density at radius 3 is 2.89 bits per heavy atom. The SMILES string of the molecule is CCOC(=O)CCS(=O)(=O)Nc1cc(Br)ccn1. The lowest BCUT2D eigenvalue weighted by atomic mass is 10.5. The van der Waals surface area contributed by atoms with Gasteiger partial charge in [-0.2, -0.15) is 0 Å². The van der Waals surface area contributed by atoms with E-state index in [1.54, 1.807) is 13.0 Å². The standard InChI is InChI=1S/C10H13BrN2O4S/c1-2-17-10(14)4-6-18(15,16)13-9-7-8(11)3-5-12-9/h3,5,7H,2,4,6H2,1H3,(H,12,13). The number of pyridine rings is 1. The van der Waals surface area contributed by atoms with E-state index in [2.05, 4.69) is 30.4 Å². The van der Waals surface area contributed by atoms with E-state index in [-0.39, 0.29) is 24.6 Å². The summed E-state index contributed by atoms with van der Waals surface area (Å²) in [5.41, 5.74) is 0. The van der Waals surface area contributed by atoms with Gasteiger partial charge in [0.15, 0.2) is 0 Å². The highest BCUT2D eigenvalue weighted by Gasteiger charge is 2.14. The average Bonchev–Trinajstić information content (AvgIpc) is 2.26. The van der Waals surface area contributed by atoms with E-state index >= 15 is 0 Å². The van der Waals surface area contributed by atoms with Crippen LogP contribution in [0.15, 0.2) is 22.8 Å². The normalized spacial score (nSPS) is 11.0. The van der Waals surface area contributed by atoms with Crippen LogP contribution >= 0.6 is 15.9 Å². The molecule has 0 spiro atoms. The highest BCUT2D eigenvalue weighted by Crippen LogP contribution is 2.14. The maximum absolute atomic E-state index is 11.6. The van der Waals surface area contributed by atoms with Crippen LogP contribution in [0.2, 0.25) is 0 Å². The molecule has 0 unspecified atom stereocenters. The van der Waals surface area contributed by atoms with Crippen LogP contribution in [0.5, 0.6) is 0 Å². The number of carbonyl (C=O) groups is 1. The van der Waals surface area contributed by atoms with Gasteiger partial charge in [-0.25, -0.2) is 13.4 Å². The third kappa shape index (κ3) is 5.46. The molecular weight excluding hydrogens is 324 g/mol. The van der Waals surface area contributed by atoms with Crippen molar-refractivity contribution in [1.82, 2.24) is 4.98 Å². The number of halogens is 1. The fourth-order valence-electron chi connectivity index (χ4n) is 1.12. The first-order chi connectivity index (χ1) is 8.43. The summed E-state index contributed by atoms with van der Waals surface area (Å²) >= 11 is 3.20. The van der Waals surface area contributed by atoms with Crippen LogP contribution < -0.4 is 4.72 Å². The molecule has 0 bridgehead atoms. The molecule has 1 aromatic heterocycles. The number of aromatic nitrogens is 1. The number of carbonyl (C=O) groups excluding carboxylic acids is 1. The van der Waals surface area contributed by atoms with Crippen molar-refractivity contribution >= 4 is 37.7 Å². The van der Waals surface area contributed by atoms with Crippen LogP contribution in [0.4, 0.5) is 5.82 Å². The highest BCUT2D eigenvalue weighted by molar-refractivity contribution is 9.10. The number of nitrogens with zero attached hydrogens (tertiary/aromatic N) is 1. The van der Waals surface area contributed by atoms with Gasteiger partial charge in [0.1, 0.15) is 5.82 Å². The average molecular weight is 337 g/mol. The van der Waals surface area contributed by atoms with E-state index in [0.717, 1.165) is 0 Å². The Kier molecular flexibility index (Phi) is 5.54. The molecule has 1 rings (SSSR count). The molecule has 1 heterocycles. The van der Waals surface area contributed by atoms with E-state index in [0.29, 0.717) is 4.47 Å². The molecule has 1 aromatic rings. The van der Waals surface area contributed by atoms with E-state index in [4.69, 9.17) is 0 Å².